The monoisotopic (exact) mass is 253 g/mol. The van der Waals surface area contributed by atoms with Gasteiger partial charge in [-0.15, -0.1) is 0 Å². The van der Waals surface area contributed by atoms with E-state index in [0.717, 1.165) is 5.56 Å². The van der Waals surface area contributed by atoms with E-state index in [0.29, 0.717) is 11.4 Å². The van der Waals surface area contributed by atoms with Crippen LogP contribution in [0.15, 0.2) is 12.1 Å². The molecule has 0 aliphatic rings. The van der Waals surface area contributed by atoms with Gasteiger partial charge in [0, 0.05) is 5.54 Å². The summed E-state index contributed by atoms with van der Waals surface area (Å²) in [6.07, 6.45) is 0. The predicted molar refractivity (Wildman–Crippen MR) is 75.0 cm³/mol. The van der Waals surface area contributed by atoms with E-state index in [1.807, 2.05) is 26.8 Å². The second kappa shape index (κ2) is 4.79. The molecule has 0 saturated heterocycles. The summed E-state index contributed by atoms with van der Waals surface area (Å²) in [5.74, 6) is 0.282. The number of halogens is 1. The number of benzene rings is 1. The van der Waals surface area contributed by atoms with Gasteiger partial charge < -0.3 is 10.1 Å². The van der Waals surface area contributed by atoms with Crippen LogP contribution in [0.1, 0.15) is 47.1 Å². The SMILES string of the molecule is COc1cc(C(C)(C)C)cc(F)c1NC(C)(C)C. The van der Waals surface area contributed by atoms with Crippen molar-refractivity contribution in [1.29, 1.82) is 0 Å². The fourth-order valence-electron chi connectivity index (χ4n) is 1.67. The molecule has 0 amide bonds. The second-order valence-corrected chi connectivity index (χ2v) is 6.66. The minimum atomic E-state index is -0.269. The van der Waals surface area contributed by atoms with Crippen molar-refractivity contribution in [3.63, 3.8) is 0 Å². The molecule has 0 spiro atoms. The van der Waals surface area contributed by atoms with Crippen molar-refractivity contribution in [2.24, 2.45) is 0 Å². The molecule has 0 aliphatic carbocycles. The number of hydrogen-bond acceptors (Lipinski definition) is 2. The van der Waals surface area contributed by atoms with Crippen LogP contribution in [0.4, 0.5) is 10.1 Å². The zero-order valence-corrected chi connectivity index (χ0v) is 12.4. The van der Waals surface area contributed by atoms with E-state index in [9.17, 15) is 4.39 Å². The number of methoxy groups -OCH3 is 1. The molecule has 1 aromatic carbocycles. The molecule has 3 heteroatoms. The summed E-state index contributed by atoms with van der Waals surface area (Å²) in [6.45, 7) is 12.1. The fraction of sp³-hybridized carbons (Fsp3) is 0.600. The first-order valence-electron chi connectivity index (χ1n) is 6.21. The summed E-state index contributed by atoms with van der Waals surface area (Å²) in [7, 11) is 1.56. The van der Waals surface area contributed by atoms with Crippen molar-refractivity contribution in [1.82, 2.24) is 0 Å². The molecule has 1 rings (SSSR count). The number of rotatable bonds is 2. The Balaban J connectivity index is 3.29. The van der Waals surface area contributed by atoms with Gasteiger partial charge in [-0.25, -0.2) is 4.39 Å². The van der Waals surface area contributed by atoms with E-state index in [1.54, 1.807) is 13.2 Å². The van der Waals surface area contributed by atoms with E-state index in [1.165, 1.54) is 0 Å². The summed E-state index contributed by atoms with van der Waals surface area (Å²) in [4.78, 5) is 0. The highest BCUT2D eigenvalue weighted by molar-refractivity contribution is 5.60. The molecule has 0 aromatic heterocycles. The van der Waals surface area contributed by atoms with Crippen LogP contribution in [0, 0.1) is 5.82 Å². The summed E-state index contributed by atoms with van der Waals surface area (Å²) >= 11 is 0. The molecule has 0 aliphatic heterocycles. The minimum Gasteiger partial charge on any atom is -0.494 e. The molecule has 0 saturated carbocycles. The molecule has 102 valence electrons. The van der Waals surface area contributed by atoms with Crippen LogP contribution >= 0.6 is 0 Å². The zero-order chi connectivity index (χ0) is 14.1. The number of nitrogens with one attached hydrogen (secondary N) is 1. The van der Waals surface area contributed by atoms with E-state index < -0.39 is 0 Å². The molecule has 18 heavy (non-hydrogen) atoms. The fourth-order valence-corrected chi connectivity index (χ4v) is 1.67. The van der Waals surface area contributed by atoms with Gasteiger partial charge in [0.05, 0.1) is 7.11 Å². The van der Waals surface area contributed by atoms with Crippen LogP contribution in [-0.2, 0) is 5.41 Å². The highest BCUT2D eigenvalue weighted by atomic mass is 19.1. The van der Waals surface area contributed by atoms with E-state index >= 15 is 0 Å². The maximum absolute atomic E-state index is 14.2. The highest BCUT2D eigenvalue weighted by Crippen LogP contribution is 2.35. The molecule has 0 bridgehead atoms. The van der Waals surface area contributed by atoms with Gasteiger partial charge in [0.1, 0.15) is 17.3 Å². The summed E-state index contributed by atoms with van der Waals surface area (Å²) in [6, 6.07) is 3.48. The Hall–Kier alpha value is -1.25. The van der Waals surface area contributed by atoms with Crippen LogP contribution < -0.4 is 10.1 Å². The Labute approximate surface area is 110 Å². The minimum absolute atomic E-state index is 0.103. The Morgan fingerprint density at radius 3 is 2.00 bits per heavy atom. The largest absolute Gasteiger partial charge is 0.494 e. The molecule has 0 radical (unpaired) electrons. The van der Waals surface area contributed by atoms with Gasteiger partial charge in [-0.2, -0.15) is 0 Å². The maximum atomic E-state index is 14.2. The van der Waals surface area contributed by atoms with Crippen molar-refractivity contribution < 1.29 is 9.13 Å². The predicted octanol–water partition coefficient (Wildman–Crippen LogP) is 4.34. The van der Waals surface area contributed by atoms with Crippen molar-refractivity contribution in [3.8, 4) is 5.75 Å². The van der Waals surface area contributed by atoms with Gasteiger partial charge in [-0.3, -0.25) is 0 Å². The van der Waals surface area contributed by atoms with E-state index in [2.05, 4.69) is 26.1 Å². The molecule has 2 nitrogen and oxygen atoms in total. The van der Waals surface area contributed by atoms with Crippen molar-refractivity contribution in [2.45, 2.75) is 52.5 Å². The lowest BCUT2D eigenvalue weighted by molar-refractivity contribution is 0.409. The standard InChI is InChI=1S/C15H24FNO/c1-14(2,3)10-8-11(16)13(12(9-10)18-7)17-15(4,5)6/h8-9,17H,1-7H3. The van der Waals surface area contributed by atoms with Crippen LogP contribution in [0.25, 0.3) is 0 Å². The number of ether oxygens (including phenoxy) is 1. The van der Waals surface area contributed by atoms with Crippen LogP contribution in [0.2, 0.25) is 0 Å². The molecule has 1 N–H and O–H groups in total. The highest BCUT2D eigenvalue weighted by Gasteiger charge is 2.22. The third-order valence-corrected chi connectivity index (χ3v) is 2.64. The van der Waals surface area contributed by atoms with Gasteiger partial charge in [0.25, 0.3) is 0 Å². The van der Waals surface area contributed by atoms with Crippen LogP contribution in [0.3, 0.4) is 0 Å². The van der Waals surface area contributed by atoms with Gasteiger partial charge >= 0.3 is 0 Å². The lowest BCUT2D eigenvalue weighted by Crippen LogP contribution is -2.27. The summed E-state index contributed by atoms with van der Waals surface area (Å²) < 4.78 is 19.5. The Bertz CT molecular complexity index is 427. The van der Waals surface area contributed by atoms with Crippen molar-refractivity contribution in [3.05, 3.63) is 23.5 Å². The van der Waals surface area contributed by atoms with E-state index in [4.69, 9.17) is 4.74 Å². The third kappa shape index (κ3) is 3.62. The lowest BCUT2D eigenvalue weighted by Gasteiger charge is -2.26. The quantitative estimate of drug-likeness (QED) is 0.846. The zero-order valence-electron chi connectivity index (χ0n) is 12.4. The van der Waals surface area contributed by atoms with Gasteiger partial charge in [0.15, 0.2) is 0 Å². The van der Waals surface area contributed by atoms with Gasteiger partial charge in [-0.05, 0) is 43.9 Å². The molecule has 0 unspecified atom stereocenters. The Kier molecular flexibility index (Phi) is 3.94. The smallest absolute Gasteiger partial charge is 0.150 e. The van der Waals surface area contributed by atoms with Crippen LogP contribution in [0.5, 0.6) is 5.75 Å². The maximum Gasteiger partial charge on any atom is 0.150 e. The number of anilines is 1. The molecular formula is C15H24FNO. The Morgan fingerprint density at radius 2 is 1.61 bits per heavy atom. The van der Waals surface area contributed by atoms with Crippen molar-refractivity contribution in [2.75, 3.05) is 12.4 Å². The first-order valence-corrected chi connectivity index (χ1v) is 6.21. The second-order valence-electron chi connectivity index (χ2n) is 6.66. The van der Waals surface area contributed by atoms with E-state index in [-0.39, 0.29) is 16.8 Å². The number of hydrogen-bond donors (Lipinski definition) is 1. The third-order valence-electron chi connectivity index (χ3n) is 2.64. The molecule has 0 atom stereocenters. The first kappa shape index (κ1) is 14.8. The lowest BCUT2D eigenvalue weighted by atomic mass is 9.86. The summed E-state index contributed by atoms with van der Waals surface area (Å²) in [5, 5.41) is 3.15. The molecule has 0 fully saturated rings. The Morgan fingerprint density at radius 1 is 1.06 bits per heavy atom. The normalized spacial score (nSPS) is 12.4. The molecular weight excluding hydrogens is 229 g/mol. The first-order chi connectivity index (χ1) is 8.04. The average molecular weight is 253 g/mol. The van der Waals surface area contributed by atoms with Crippen molar-refractivity contribution >= 4 is 5.69 Å². The van der Waals surface area contributed by atoms with Gasteiger partial charge in [-0.1, -0.05) is 20.8 Å². The average Bonchev–Trinajstić information content (AvgIpc) is 2.17. The topological polar surface area (TPSA) is 21.3 Å². The summed E-state index contributed by atoms with van der Waals surface area (Å²) in [5.41, 5.74) is 1.04. The molecule has 0 heterocycles. The van der Waals surface area contributed by atoms with Crippen LogP contribution in [-0.4, -0.2) is 12.6 Å². The van der Waals surface area contributed by atoms with Gasteiger partial charge in [0.2, 0.25) is 0 Å². The molecule has 1 aromatic rings.